The Labute approximate surface area is 89.7 Å². The molecule has 0 fully saturated rings. The van der Waals surface area contributed by atoms with E-state index in [1.54, 1.807) is 7.11 Å². The lowest BCUT2D eigenvalue weighted by molar-refractivity contribution is 0.409. The predicted molar refractivity (Wildman–Crippen MR) is 57.0 cm³/mol. The first-order valence-electron chi connectivity index (χ1n) is 3.89. The van der Waals surface area contributed by atoms with Crippen LogP contribution in [0.15, 0.2) is 12.3 Å². The maximum Gasteiger partial charge on any atom is 0.125 e. The molecule has 74 valence electrons. The molecule has 0 aromatic carbocycles. The molecule has 0 N–H and O–H groups in total. The molecule has 0 aliphatic heterocycles. The van der Waals surface area contributed by atoms with Gasteiger partial charge >= 0.3 is 0 Å². The molecule has 1 rings (SSSR count). The number of nitrogens with zero attached hydrogens (tertiary/aromatic N) is 1. The van der Waals surface area contributed by atoms with Crippen LogP contribution < -0.4 is 4.74 Å². The van der Waals surface area contributed by atoms with Crippen LogP contribution in [0.25, 0.3) is 0 Å². The van der Waals surface area contributed by atoms with Crippen LogP contribution >= 0.6 is 24.0 Å². The minimum atomic E-state index is 0. The molecular weight excluding hydrogens is 209 g/mol. The number of aromatic nitrogens is 1. The first kappa shape index (κ1) is 12.5. The molecule has 0 aliphatic rings. The van der Waals surface area contributed by atoms with E-state index in [4.69, 9.17) is 16.3 Å². The third kappa shape index (κ3) is 3.05. The van der Waals surface area contributed by atoms with Gasteiger partial charge in [-0.1, -0.05) is 6.92 Å². The van der Waals surface area contributed by atoms with Crippen molar-refractivity contribution >= 4 is 24.0 Å². The molecule has 1 aromatic heterocycles. The quantitative estimate of drug-likeness (QED) is 0.733. The summed E-state index contributed by atoms with van der Waals surface area (Å²) >= 11 is 5.63. The number of rotatable bonds is 3. The lowest BCUT2D eigenvalue weighted by Gasteiger charge is -2.06. The van der Waals surface area contributed by atoms with Crippen LogP contribution in [0.5, 0.6) is 5.75 Å². The normalized spacial score (nSPS) is 9.15. The van der Waals surface area contributed by atoms with Crippen LogP contribution in [0.4, 0.5) is 0 Å². The van der Waals surface area contributed by atoms with Crippen LogP contribution in [0.2, 0.25) is 0 Å². The Bertz CT molecular complexity index is 266. The van der Waals surface area contributed by atoms with E-state index in [9.17, 15) is 0 Å². The van der Waals surface area contributed by atoms with Gasteiger partial charge in [0.05, 0.1) is 18.7 Å². The standard InChI is InChI=1S/C9H12ClNO.ClH/c1-3-7-6-11-8(5-10)4-9(7)12-2;/h4,6H,3,5H2,1-2H3;1H. The SMILES string of the molecule is CCc1cnc(CCl)cc1OC.Cl. The summed E-state index contributed by atoms with van der Waals surface area (Å²) in [7, 11) is 1.66. The Morgan fingerprint density at radius 1 is 1.54 bits per heavy atom. The molecule has 0 unspecified atom stereocenters. The van der Waals surface area contributed by atoms with Crippen LogP contribution in [-0.2, 0) is 12.3 Å². The second kappa shape index (κ2) is 6.06. The van der Waals surface area contributed by atoms with Gasteiger partial charge in [-0.2, -0.15) is 0 Å². The maximum absolute atomic E-state index is 5.63. The van der Waals surface area contributed by atoms with Crippen LogP contribution in [-0.4, -0.2) is 12.1 Å². The van der Waals surface area contributed by atoms with Crippen molar-refractivity contribution in [3.05, 3.63) is 23.5 Å². The molecule has 1 heterocycles. The van der Waals surface area contributed by atoms with E-state index in [2.05, 4.69) is 11.9 Å². The van der Waals surface area contributed by atoms with E-state index in [0.717, 1.165) is 23.4 Å². The largest absolute Gasteiger partial charge is 0.496 e. The van der Waals surface area contributed by atoms with Gasteiger partial charge in [-0.3, -0.25) is 4.98 Å². The highest BCUT2D eigenvalue weighted by molar-refractivity contribution is 6.16. The van der Waals surface area contributed by atoms with Crippen molar-refractivity contribution in [2.75, 3.05) is 7.11 Å². The lowest BCUT2D eigenvalue weighted by Crippen LogP contribution is -1.94. The van der Waals surface area contributed by atoms with Crippen LogP contribution in [0, 0.1) is 0 Å². The maximum atomic E-state index is 5.63. The lowest BCUT2D eigenvalue weighted by atomic mass is 10.2. The smallest absolute Gasteiger partial charge is 0.125 e. The molecule has 0 aliphatic carbocycles. The molecular formula is C9H13Cl2NO. The molecule has 13 heavy (non-hydrogen) atoms. The van der Waals surface area contributed by atoms with Gasteiger partial charge in [-0.25, -0.2) is 0 Å². The fourth-order valence-corrected chi connectivity index (χ4v) is 1.18. The molecule has 4 heteroatoms. The number of halogens is 2. The molecule has 0 spiro atoms. The average molecular weight is 222 g/mol. The van der Waals surface area contributed by atoms with Crippen molar-refractivity contribution in [1.82, 2.24) is 4.98 Å². The molecule has 0 atom stereocenters. The topological polar surface area (TPSA) is 22.1 Å². The number of hydrogen-bond donors (Lipinski definition) is 0. The van der Waals surface area contributed by atoms with E-state index >= 15 is 0 Å². The highest BCUT2D eigenvalue weighted by atomic mass is 35.5. The van der Waals surface area contributed by atoms with E-state index in [0.29, 0.717) is 5.88 Å². The first-order valence-corrected chi connectivity index (χ1v) is 4.43. The summed E-state index contributed by atoms with van der Waals surface area (Å²) in [6.45, 7) is 2.07. The third-order valence-corrected chi connectivity index (χ3v) is 2.01. The summed E-state index contributed by atoms with van der Waals surface area (Å²) in [6.07, 6.45) is 2.75. The summed E-state index contributed by atoms with van der Waals surface area (Å²) in [5, 5.41) is 0. The molecule has 1 aromatic rings. The zero-order valence-corrected chi connectivity index (χ0v) is 9.28. The Hall–Kier alpha value is -0.470. The van der Waals surface area contributed by atoms with Crippen molar-refractivity contribution in [2.24, 2.45) is 0 Å². The Morgan fingerprint density at radius 2 is 2.23 bits per heavy atom. The molecule has 0 saturated heterocycles. The van der Waals surface area contributed by atoms with Gasteiger partial charge in [-0.05, 0) is 6.42 Å². The van der Waals surface area contributed by atoms with Gasteiger partial charge in [0.25, 0.3) is 0 Å². The van der Waals surface area contributed by atoms with E-state index < -0.39 is 0 Å². The number of alkyl halides is 1. The highest BCUT2D eigenvalue weighted by Gasteiger charge is 2.02. The molecule has 0 bridgehead atoms. The number of hydrogen-bond acceptors (Lipinski definition) is 2. The van der Waals surface area contributed by atoms with Crippen molar-refractivity contribution in [2.45, 2.75) is 19.2 Å². The first-order chi connectivity index (χ1) is 5.81. The van der Waals surface area contributed by atoms with Crippen molar-refractivity contribution in [3.8, 4) is 5.75 Å². The fourth-order valence-electron chi connectivity index (χ4n) is 1.03. The fraction of sp³-hybridized carbons (Fsp3) is 0.444. The van der Waals surface area contributed by atoms with Gasteiger partial charge in [0.15, 0.2) is 0 Å². The zero-order valence-electron chi connectivity index (χ0n) is 7.71. The van der Waals surface area contributed by atoms with Crippen molar-refractivity contribution < 1.29 is 4.74 Å². The van der Waals surface area contributed by atoms with Gasteiger partial charge in [0.1, 0.15) is 5.75 Å². The average Bonchev–Trinajstić information content (AvgIpc) is 2.16. The second-order valence-electron chi connectivity index (χ2n) is 2.47. The molecule has 0 radical (unpaired) electrons. The Kier molecular flexibility index (Phi) is 5.84. The zero-order chi connectivity index (χ0) is 8.97. The third-order valence-electron chi connectivity index (χ3n) is 1.74. The van der Waals surface area contributed by atoms with Crippen LogP contribution in [0.1, 0.15) is 18.2 Å². The minimum Gasteiger partial charge on any atom is -0.496 e. The number of pyridine rings is 1. The van der Waals surface area contributed by atoms with Gasteiger partial charge in [0.2, 0.25) is 0 Å². The second-order valence-corrected chi connectivity index (χ2v) is 2.74. The predicted octanol–water partition coefficient (Wildman–Crippen LogP) is 2.81. The summed E-state index contributed by atoms with van der Waals surface area (Å²) < 4.78 is 5.18. The molecule has 0 amide bonds. The Morgan fingerprint density at radius 3 is 2.69 bits per heavy atom. The van der Waals surface area contributed by atoms with Gasteiger partial charge in [-0.15, -0.1) is 24.0 Å². The summed E-state index contributed by atoms with van der Waals surface area (Å²) in [6, 6.07) is 1.88. The summed E-state index contributed by atoms with van der Waals surface area (Å²) in [5.74, 6) is 1.31. The van der Waals surface area contributed by atoms with E-state index in [-0.39, 0.29) is 12.4 Å². The van der Waals surface area contributed by atoms with Crippen molar-refractivity contribution in [1.29, 1.82) is 0 Å². The summed E-state index contributed by atoms with van der Waals surface area (Å²) in [4.78, 5) is 4.16. The highest BCUT2D eigenvalue weighted by Crippen LogP contribution is 2.19. The number of aryl methyl sites for hydroxylation is 1. The Balaban J connectivity index is 0.00000144. The van der Waals surface area contributed by atoms with Crippen LogP contribution in [0.3, 0.4) is 0 Å². The van der Waals surface area contributed by atoms with Crippen molar-refractivity contribution in [3.63, 3.8) is 0 Å². The molecule has 0 saturated carbocycles. The molecule has 2 nitrogen and oxygen atoms in total. The van der Waals surface area contributed by atoms with Gasteiger partial charge < -0.3 is 4.74 Å². The number of ether oxygens (including phenoxy) is 1. The number of methoxy groups -OCH3 is 1. The van der Waals surface area contributed by atoms with E-state index in [1.165, 1.54) is 0 Å². The monoisotopic (exact) mass is 221 g/mol. The minimum absolute atomic E-state index is 0. The van der Waals surface area contributed by atoms with E-state index in [1.807, 2.05) is 12.3 Å². The summed E-state index contributed by atoms with van der Waals surface area (Å²) in [5.41, 5.74) is 1.97. The van der Waals surface area contributed by atoms with Gasteiger partial charge in [0, 0.05) is 17.8 Å².